The van der Waals surface area contributed by atoms with Crippen LogP contribution in [0.3, 0.4) is 0 Å². The molecule has 1 aromatic rings. The quantitative estimate of drug-likeness (QED) is 0.750. The number of rotatable bonds is 6. The van der Waals surface area contributed by atoms with Crippen molar-refractivity contribution >= 4 is 0 Å². The van der Waals surface area contributed by atoms with E-state index in [0.29, 0.717) is 0 Å². The average molecular weight is 275 g/mol. The number of fused-ring (bicyclic) bond motifs is 1. The first-order chi connectivity index (χ1) is 9.54. The van der Waals surface area contributed by atoms with Crippen LogP contribution in [-0.2, 0) is 0 Å². The largest absolute Gasteiger partial charge is 0.487 e. The molecule has 20 heavy (non-hydrogen) atoms. The second-order valence-electron chi connectivity index (χ2n) is 6.57. The lowest BCUT2D eigenvalue weighted by Crippen LogP contribution is -2.40. The molecule has 1 unspecified atom stereocenters. The zero-order valence-electron chi connectivity index (χ0n) is 13.2. The molecule has 0 aliphatic carbocycles. The number of benzene rings is 1. The van der Waals surface area contributed by atoms with Crippen molar-refractivity contribution < 1.29 is 4.74 Å². The standard InChI is InChI=1S/C18H29NO/c1-4-5-6-7-8-11-18(3)13-16(19)15-12-14(2)9-10-17(15)20-18/h9-10,12,16H,4-8,11,13,19H2,1-3H3/t16-,18?/m1/s1. The summed E-state index contributed by atoms with van der Waals surface area (Å²) in [4.78, 5) is 0. The topological polar surface area (TPSA) is 35.2 Å². The minimum Gasteiger partial charge on any atom is -0.487 e. The van der Waals surface area contributed by atoms with E-state index in [0.717, 1.165) is 18.6 Å². The van der Waals surface area contributed by atoms with Gasteiger partial charge in [-0.3, -0.25) is 0 Å². The summed E-state index contributed by atoms with van der Waals surface area (Å²) >= 11 is 0. The minimum absolute atomic E-state index is 0.0894. The maximum Gasteiger partial charge on any atom is 0.124 e. The molecule has 2 N–H and O–H groups in total. The van der Waals surface area contributed by atoms with E-state index in [1.54, 1.807) is 0 Å². The van der Waals surface area contributed by atoms with E-state index in [1.165, 1.54) is 43.2 Å². The van der Waals surface area contributed by atoms with Gasteiger partial charge in [0, 0.05) is 18.0 Å². The molecule has 0 bridgehead atoms. The van der Waals surface area contributed by atoms with Crippen LogP contribution in [0, 0.1) is 6.92 Å². The average Bonchev–Trinajstić information content (AvgIpc) is 2.39. The lowest BCUT2D eigenvalue weighted by molar-refractivity contribution is 0.0429. The molecule has 0 amide bonds. The van der Waals surface area contributed by atoms with Gasteiger partial charge in [-0.05, 0) is 32.8 Å². The summed E-state index contributed by atoms with van der Waals surface area (Å²) < 4.78 is 6.27. The zero-order chi connectivity index (χ0) is 14.6. The Morgan fingerprint density at radius 1 is 1.25 bits per heavy atom. The van der Waals surface area contributed by atoms with Gasteiger partial charge in [0.05, 0.1) is 0 Å². The highest BCUT2D eigenvalue weighted by Gasteiger charge is 2.35. The van der Waals surface area contributed by atoms with Gasteiger partial charge in [0.1, 0.15) is 11.4 Å². The summed E-state index contributed by atoms with van der Waals surface area (Å²) in [5, 5.41) is 0. The molecule has 2 atom stereocenters. The van der Waals surface area contributed by atoms with Gasteiger partial charge in [0.15, 0.2) is 0 Å². The lowest BCUT2D eigenvalue weighted by Gasteiger charge is -2.39. The monoisotopic (exact) mass is 275 g/mol. The molecule has 1 aliphatic heterocycles. The van der Waals surface area contributed by atoms with Crippen LogP contribution in [0.5, 0.6) is 5.75 Å². The van der Waals surface area contributed by atoms with Gasteiger partial charge < -0.3 is 10.5 Å². The third-order valence-electron chi connectivity index (χ3n) is 4.38. The normalized spacial score (nSPS) is 25.1. The number of hydrogen-bond acceptors (Lipinski definition) is 2. The molecule has 0 aromatic heterocycles. The molecule has 0 saturated heterocycles. The maximum atomic E-state index is 6.36. The molecular weight excluding hydrogens is 246 g/mol. The van der Waals surface area contributed by atoms with Crippen molar-refractivity contribution in [3.8, 4) is 5.75 Å². The first-order valence-corrected chi connectivity index (χ1v) is 8.09. The van der Waals surface area contributed by atoms with E-state index in [9.17, 15) is 0 Å². The predicted molar refractivity (Wildman–Crippen MR) is 85.1 cm³/mol. The van der Waals surface area contributed by atoms with E-state index < -0.39 is 0 Å². The van der Waals surface area contributed by atoms with E-state index in [4.69, 9.17) is 10.5 Å². The molecule has 0 radical (unpaired) electrons. The van der Waals surface area contributed by atoms with Gasteiger partial charge in [0.25, 0.3) is 0 Å². The van der Waals surface area contributed by atoms with Crippen molar-refractivity contribution in [2.45, 2.75) is 77.4 Å². The van der Waals surface area contributed by atoms with Crippen LogP contribution in [0.4, 0.5) is 0 Å². The first-order valence-electron chi connectivity index (χ1n) is 8.09. The molecule has 1 aromatic carbocycles. The molecule has 0 saturated carbocycles. The van der Waals surface area contributed by atoms with Gasteiger partial charge >= 0.3 is 0 Å². The molecule has 2 heteroatoms. The minimum atomic E-state index is -0.0894. The van der Waals surface area contributed by atoms with Crippen LogP contribution < -0.4 is 10.5 Å². The number of nitrogens with two attached hydrogens (primary N) is 1. The van der Waals surface area contributed by atoms with Crippen molar-refractivity contribution in [1.82, 2.24) is 0 Å². The third kappa shape index (κ3) is 3.76. The molecule has 0 fully saturated rings. The summed E-state index contributed by atoms with van der Waals surface area (Å²) in [5.74, 6) is 0.991. The predicted octanol–water partition coefficient (Wildman–Crippen LogP) is 4.90. The lowest BCUT2D eigenvalue weighted by atomic mass is 9.85. The van der Waals surface area contributed by atoms with Gasteiger partial charge in [0.2, 0.25) is 0 Å². The number of hydrogen-bond donors (Lipinski definition) is 1. The summed E-state index contributed by atoms with van der Waals surface area (Å²) in [6.07, 6.45) is 8.57. The van der Waals surface area contributed by atoms with Crippen LogP contribution in [0.1, 0.15) is 76.0 Å². The van der Waals surface area contributed by atoms with Crippen LogP contribution >= 0.6 is 0 Å². The Hall–Kier alpha value is -1.02. The van der Waals surface area contributed by atoms with Crippen LogP contribution in [-0.4, -0.2) is 5.60 Å². The third-order valence-corrected chi connectivity index (χ3v) is 4.38. The molecule has 0 spiro atoms. The highest BCUT2D eigenvalue weighted by molar-refractivity contribution is 5.41. The SMILES string of the molecule is CCCCCCCC1(C)C[C@@H](N)c2cc(C)ccc2O1. The fourth-order valence-electron chi connectivity index (χ4n) is 3.19. The van der Waals surface area contributed by atoms with Crippen molar-refractivity contribution in [2.24, 2.45) is 5.73 Å². The maximum absolute atomic E-state index is 6.36. The Morgan fingerprint density at radius 2 is 2.00 bits per heavy atom. The summed E-state index contributed by atoms with van der Waals surface area (Å²) in [5.41, 5.74) is 8.70. The van der Waals surface area contributed by atoms with Crippen LogP contribution in [0.15, 0.2) is 18.2 Å². The Balaban J connectivity index is 1.96. The molecule has 1 aliphatic rings. The Bertz CT molecular complexity index is 443. The van der Waals surface area contributed by atoms with Crippen LogP contribution in [0.25, 0.3) is 0 Å². The smallest absolute Gasteiger partial charge is 0.124 e. The Kier molecular flexibility index (Phi) is 5.09. The van der Waals surface area contributed by atoms with Crippen molar-refractivity contribution in [3.63, 3.8) is 0 Å². The highest BCUT2D eigenvalue weighted by atomic mass is 16.5. The summed E-state index contributed by atoms with van der Waals surface area (Å²) in [7, 11) is 0. The molecule has 1 heterocycles. The number of aryl methyl sites for hydroxylation is 1. The number of ether oxygens (including phenoxy) is 1. The Morgan fingerprint density at radius 3 is 2.75 bits per heavy atom. The van der Waals surface area contributed by atoms with Gasteiger partial charge in [-0.25, -0.2) is 0 Å². The van der Waals surface area contributed by atoms with Crippen molar-refractivity contribution in [1.29, 1.82) is 0 Å². The zero-order valence-corrected chi connectivity index (χ0v) is 13.2. The molecular formula is C18H29NO. The second kappa shape index (κ2) is 6.62. The van der Waals surface area contributed by atoms with Crippen molar-refractivity contribution in [2.75, 3.05) is 0 Å². The second-order valence-corrected chi connectivity index (χ2v) is 6.57. The molecule has 112 valence electrons. The highest BCUT2D eigenvalue weighted by Crippen LogP contribution is 2.40. The van der Waals surface area contributed by atoms with Gasteiger partial charge in [-0.2, -0.15) is 0 Å². The Labute approximate surface area is 123 Å². The van der Waals surface area contributed by atoms with Gasteiger partial charge in [-0.15, -0.1) is 0 Å². The summed E-state index contributed by atoms with van der Waals surface area (Å²) in [6, 6.07) is 6.47. The number of unbranched alkanes of at least 4 members (excludes halogenated alkanes) is 4. The fraction of sp³-hybridized carbons (Fsp3) is 0.667. The van der Waals surface area contributed by atoms with E-state index in [1.807, 2.05) is 0 Å². The van der Waals surface area contributed by atoms with Crippen LogP contribution in [0.2, 0.25) is 0 Å². The molecule has 2 nitrogen and oxygen atoms in total. The van der Waals surface area contributed by atoms with E-state index >= 15 is 0 Å². The summed E-state index contributed by atoms with van der Waals surface area (Å²) in [6.45, 7) is 6.58. The van der Waals surface area contributed by atoms with Crippen molar-refractivity contribution in [3.05, 3.63) is 29.3 Å². The fourth-order valence-corrected chi connectivity index (χ4v) is 3.19. The molecule has 2 rings (SSSR count). The first kappa shape index (κ1) is 15.4. The van der Waals surface area contributed by atoms with E-state index in [2.05, 4.69) is 39.0 Å². The van der Waals surface area contributed by atoms with E-state index in [-0.39, 0.29) is 11.6 Å². The van der Waals surface area contributed by atoms with Gasteiger partial charge in [-0.1, -0.05) is 50.3 Å².